The zero-order chi connectivity index (χ0) is 24.6. The zero-order valence-electron chi connectivity index (χ0n) is 20.7. The van der Waals surface area contributed by atoms with Crippen LogP contribution < -0.4 is 0 Å². The fourth-order valence-corrected chi connectivity index (χ4v) is 5.60. The third-order valence-electron chi connectivity index (χ3n) is 7.31. The van der Waals surface area contributed by atoms with Crippen LogP contribution in [0.3, 0.4) is 0 Å². The van der Waals surface area contributed by atoms with E-state index in [4.69, 9.17) is 4.74 Å². The summed E-state index contributed by atoms with van der Waals surface area (Å²) in [5.74, 6) is -0.807. The minimum atomic E-state index is -0.933. The van der Waals surface area contributed by atoms with E-state index in [1.165, 1.54) is 11.1 Å². The van der Waals surface area contributed by atoms with Crippen molar-refractivity contribution in [2.75, 3.05) is 20.1 Å². The molecule has 1 N–H and O–H groups in total. The van der Waals surface area contributed by atoms with Crippen LogP contribution in [0.15, 0.2) is 29.8 Å². The van der Waals surface area contributed by atoms with Gasteiger partial charge in [0.15, 0.2) is 0 Å². The fraction of sp³-hybridized carbons (Fsp3) is 0.593. The van der Waals surface area contributed by atoms with Crippen LogP contribution in [-0.2, 0) is 20.7 Å². The van der Waals surface area contributed by atoms with Gasteiger partial charge in [-0.15, -0.1) is 0 Å². The maximum absolute atomic E-state index is 13.5. The lowest BCUT2D eigenvalue weighted by atomic mass is 9.80. The van der Waals surface area contributed by atoms with Crippen molar-refractivity contribution in [2.24, 2.45) is 11.8 Å². The van der Waals surface area contributed by atoms with Gasteiger partial charge in [0.05, 0.1) is 0 Å². The fourth-order valence-electron chi connectivity index (χ4n) is 5.60. The summed E-state index contributed by atoms with van der Waals surface area (Å²) in [6.45, 7) is 6.56. The molecule has 2 aliphatic carbocycles. The number of carbonyl (C=O) groups excluding carboxylic acids is 2. The van der Waals surface area contributed by atoms with E-state index in [9.17, 15) is 19.5 Å². The molecule has 34 heavy (non-hydrogen) atoms. The number of amides is 2. The van der Waals surface area contributed by atoms with E-state index in [1.807, 2.05) is 32.9 Å². The number of carboxylic acid groups (broad SMARTS) is 1. The molecule has 7 nitrogen and oxygen atoms in total. The highest BCUT2D eigenvalue weighted by Gasteiger charge is 2.41. The van der Waals surface area contributed by atoms with Gasteiger partial charge in [0.1, 0.15) is 11.6 Å². The normalized spacial score (nSPS) is 24.4. The Hall–Kier alpha value is -2.83. The van der Waals surface area contributed by atoms with Crippen LogP contribution >= 0.6 is 0 Å². The summed E-state index contributed by atoms with van der Waals surface area (Å²) in [5, 5.41) is 9.93. The molecular weight excluding hydrogens is 432 g/mol. The van der Waals surface area contributed by atoms with Crippen molar-refractivity contribution in [3.63, 3.8) is 0 Å². The molecule has 2 amide bonds. The largest absolute Gasteiger partial charge is 0.480 e. The lowest BCUT2D eigenvalue weighted by Crippen LogP contribution is -2.51. The van der Waals surface area contributed by atoms with Gasteiger partial charge in [-0.3, -0.25) is 4.79 Å². The van der Waals surface area contributed by atoms with Crippen LogP contribution in [0, 0.1) is 11.8 Å². The number of hydrogen-bond donors (Lipinski definition) is 1. The van der Waals surface area contributed by atoms with Crippen molar-refractivity contribution in [3.05, 3.63) is 41.0 Å². The minimum absolute atomic E-state index is 0.0335. The van der Waals surface area contributed by atoms with Crippen LogP contribution in [0.5, 0.6) is 0 Å². The Bertz CT molecular complexity index is 1000. The molecule has 4 rings (SSSR count). The molecule has 1 aromatic carbocycles. The first kappa shape index (κ1) is 24.3. The second-order valence-electron chi connectivity index (χ2n) is 11.0. The number of carboxylic acids is 1. The number of carbonyl (C=O) groups is 3. The van der Waals surface area contributed by atoms with Crippen molar-refractivity contribution in [1.29, 1.82) is 0 Å². The van der Waals surface area contributed by atoms with E-state index in [2.05, 4.69) is 12.1 Å². The molecule has 1 unspecified atom stereocenters. The molecule has 1 heterocycles. The van der Waals surface area contributed by atoms with Crippen molar-refractivity contribution in [1.82, 2.24) is 9.80 Å². The van der Waals surface area contributed by atoms with E-state index in [1.54, 1.807) is 16.8 Å². The molecule has 7 heteroatoms. The molecule has 1 aromatic rings. The predicted octanol–water partition coefficient (Wildman–Crippen LogP) is 4.36. The Kier molecular flexibility index (Phi) is 6.74. The van der Waals surface area contributed by atoms with Crippen molar-refractivity contribution < 1.29 is 24.2 Å². The molecule has 1 aliphatic heterocycles. The zero-order valence-corrected chi connectivity index (χ0v) is 20.7. The number of rotatable bonds is 4. The quantitative estimate of drug-likeness (QED) is 0.710. The summed E-state index contributed by atoms with van der Waals surface area (Å²) in [6, 6.07) is 7.33. The van der Waals surface area contributed by atoms with Gasteiger partial charge >= 0.3 is 12.1 Å². The van der Waals surface area contributed by atoms with Crippen molar-refractivity contribution >= 4 is 23.5 Å². The SMILES string of the molecule is CN(CC1CCC(C(=O)N2CC3=C(CC2C(=O)O)c2ccccc2C3)CC1)C(=O)OC(C)(C)C. The molecular formula is C27H36N2O5. The molecule has 0 bridgehead atoms. The summed E-state index contributed by atoms with van der Waals surface area (Å²) >= 11 is 0. The smallest absolute Gasteiger partial charge is 0.410 e. The van der Waals surface area contributed by atoms with E-state index in [0.717, 1.165) is 43.2 Å². The van der Waals surface area contributed by atoms with Crippen LogP contribution in [0.1, 0.15) is 64.0 Å². The van der Waals surface area contributed by atoms with Gasteiger partial charge < -0.3 is 19.6 Å². The second kappa shape index (κ2) is 9.43. The van der Waals surface area contributed by atoms with E-state index in [-0.39, 0.29) is 17.9 Å². The topological polar surface area (TPSA) is 87.2 Å². The Morgan fingerprint density at radius 3 is 2.44 bits per heavy atom. The molecule has 1 fully saturated rings. The Labute approximate surface area is 201 Å². The maximum Gasteiger partial charge on any atom is 0.410 e. The molecule has 184 valence electrons. The second-order valence-corrected chi connectivity index (χ2v) is 11.0. The van der Waals surface area contributed by atoms with Crippen LogP contribution in [0.4, 0.5) is 4.79 Å². The van der Waals surface area contributed by atoms with Crippen LogP contribution in [-0.4, -0.2) is 64.7 Å². The summed E-state index contributed by atoms with van der Waals surface area (Å²) in [4.78, 5) is 41.1. The Balaban J connectivity index is 1.36. The number of hydrogen-bond acceptors (Lipinski definition) is 4. The third kappa shape index (κ3) is 5.13. The van der Waals surface area contributed by atoms with Gasteiger partial charge in [-0.05, 0) is 81.1 Å². The van der Waals surface area contributed by atoms with E-state index < -0.39 is 17.6 Å². The molecule has 3 aliphatic rings. The Morgan fingerprint density at radius 1 is 1.12 bits per heavy atom. The molecule has 0 saturated heterocycles. The lowest BCUT2D eigenvalue weighted by molar-refractivity contribution is -0.152. The van der Waals surface area contributed by atoms with Gasteiger partial charge in [0, 0.05) is 32.5 Å². The van der Waals surface area contributed by atoms with Crippen molar-refractivity contribution in [2.45, 2.75) is 70.9 Å². The molecule has 1 saturated carbocycles. The molecule has 0 aromatic heterocycles. The average molecular weight is 469 g/mol. The lowest BCUT2D eigenvalue weighted by Gasteiger charge is -2.38. The predicted molar refractivity (Wildman–Crippen MR) is 129 cm³/mol. The van der Waals surface area contributed by atoms with E-state index in [0.29, 0.717) is 25.4 Å². The number of benzene rings is 1. The first-order valence-electron chi connectivity index (χ1n) is 12.3. The van der Waals surface area contributed by atoms with Gasteiger partial charge in [-0.2, -0.15) is 0 Å². The number of nitrogens with zero attached hydrogens (tertiary/aromatic N) is 2. The Morgan fingerprint density at radius 2 is 1.79 bits per heavy atom. The molecule has 1 atom stereocenters. The average Bonchev–Trinajstić information content (AvgIpc) is 3.14. The highest BCUT2D eigenvalue weighted by Crippen LogP contribution is 2.41. The summed E-state index contributed by atoms with van der Waals surface area (Å²) in [6.07, 6.45) is 3.98. The van der Waals surface area contributed by atoms with Gasteiger partial charge in [-0.25, -0.2) is 9.59 Å². The maximum atomic E-state index is 13.5. The first-order chi connectivity index (χ1) is 16.0. The van der Waals surface area contributed by atoms with Gasteiger partial charge in [0.2, 0.25) is 5.91 Å². The highest BCUT2D eigenvalue weighted by molar-refractivity contribution is 5.90. The summed E-state index contributed by atoms with van der Waals surface area (Å²) in [7, 11) is 1.75. The van der Waals surface area contributed by atoms with E-state index >= 15 is 0 Å². The third-order valence-corrected chi connectivity index (χ3v) is 7.31. The van der Waals surface area contributed by atoms with Crippen LogP contribution in [0.2, 0.25) is 0 Å². The van der Waals surface area contributed by atoms with Gasteiger partial charge in [0.25, 0.3) is 0 Å². The molecule has 0 radical (unpaired) electrons. The van der Waals surface area contributed by atoms with Crippen molar-refractivity contribution in [3.8, 4) is 0 Å². The summed E-state index contributed by atoms with van der Waals surface area (Å²) < 4.78 is 5.44. The highest BCUT2D eigenvalue weighted by atomic mass is 16.6. The number of fused-ring (bicyclic) bond motifs is 2. The number of ether oxygens (including phenoxy) is 1. The van der Waals surface area contributed by atoms with Gasteiger partial charge in [-0.1, -0.05) is 24.3 Å². The van der Waals surface area contributed by atoms with Crippen LogP contribution in [0.25, 0.3) is 5.57 Å². The number of aliphatic carboxylic acids is 1. The standard InChI is InChI=1S/C27H36N2O5/c1-27(2,3)34-26(33)28(4)15-17-9-11-18(12-10-17)24(30)29-16-20-13-19-7-5-6-8-21(19)22(20)14-23(29)25(31)32/h5-8,17-18,23H,9-16H2,1-4H3,(H,31,32). The first-order valence-corrected chi connectivity index (χ1v) is 12.3. The molecule has 0 spiro atoms. The minimum Gasteiger partial charge on any atom is -0.480 e. The monoisotopic (exact) mass is 468 g/mol. The summed E-state index contributed by atoms with van der Waals surface area (Å²) in [5.41, 5.74) is 4.13.